The maximum absolute atomic E-state index is 12.5. The summed E-state index contributed by atoms with van der Waals surface area (Å²) in [5, 5.41) is 9.07. The Hall–Kier alpha value is -2.54. The van der Waals surface area contributed by atoms with Crippen LogP contribution in [0.4, 0.5) is 13.2 Å². The van der Waals surface area contributed by atoms with Crippen molar-refractivity contribution in [2.24, 2.45) is 5.90 Å². The van der Waals surface area contributed by atoms with Crippen molar-refractivity contribution in [2.75, 3.05) is 0 Å². The van der Waals surface area contributed by atoms with Crippen LogP contribution in [-0.2, 0) is 19.0 Å². The molecule has 0 amide bonds. The lowest BCUT2D eigenvalue weighted by Gasteiger charge is -2.09. The fraction of sp³-hybridized carbons (Fsp3) is 0.188. The topological polar surface area (TPSA) is 72.5 Å². The number of nitrogens with two attached hydrogens (primary N) is 1. The molecule has 0 aliphatic heterocycles. The highest BCUT2D eigenvalue weighted by Crippen LogP contribution is 2.29. The number of carbonyl (C=O) groups is 1. The molecule has 122 valence electrons. The monoisotopic (exact) mass is 325 g/mol. The van der Waals surface area contributed by atoms with Gasteiger partial charge in [-0.2, -0.15) is 19.1 Å². The van der Waals surface area contributed by atoms with Crippen molar-refractivity contribution in [3.05, 3.63) is 64.7 Å². The Balaban J connectivity index is 2.09. The Kier molecular flexibility index (Phi) is 4.90. The Labute approximate surface area is 130 Å². The van der Waals surface area contributed by atoms with Crippen LogP contribution in [0.15, 0.2) is 42.5 Å². The number of aryl methyl sites for hydroxylation is 2. The zero-order chi connectivity index (χ0) is 17.0. The van der Waals surface area contributed by atoms with Crippen molar-refractivity contribution < 1.29 is 27.9 Å². The first-order chi connectivity index (χ1) is 10.8. The number of alkyl halides is 3. The molecule has 2 aromatic rings. The van der Waals surface area contributed by atoms with Gasteiger partial charge in [-0.15, -0.1) is 0 Å². The highest BCUT2D eigenvalue weighted by Gasteiger charge is 2.29. The van der Waals surface area contributed by atoms with Crippen LogP contribution < -0.4 is 10.7 Å². The molecule has 3 N–H and O–H groups in total. The molecule has 0 bridgehead atoms. The second-order valence-electron chi connectivity index (χ2n) is 4.95. The Morgan fingerprint density at radius 2 is 1.61 bits per heavy atom. The highest BCUT2D eigenvalue weighted by molar-refractivity contribution is 5.91. The van der Waals surface area contributed by atoms with Gasteiger partial charge in [0.15, 0.2) is 5.75 Å². The van der Waals surface area contributed by atoms with E-state index < -0.39 is 17.7 Å². The zero-order valence-electron chi connectivity index (χ0n) is 11.9. The van der Waals surface area contributed by atoms with Crippen LogP contribution in [0.2, 0.25) is 0 Å². The van der Waals surface area contributed by atoms with Crippen LogP contribution in [0.1, 0.15) is 27.0 Å². The molecule has 2 rings (SSSR count). The molecule has 0 fully saturated rings. The number of hydrogen-bond donors (Lipinski definition) is 2. The number of benzene rings is 2. The van der Waals surface area contributed by atoms with E-state index >= 15 is 0 Å². The van der Waals surface area contributed by atoms with Crippen LogP contribution in [-0.4, -0.2) is 11.1 Å². The first kappa shape index (κ1) is 16.8. The lowest BCUT2D eigenvalue weighted by molar-refractivity contribution is -0.137. The van der Waals surface area contributed by atoms with Crippen LogP contribution in [0.25, 0.3) is 0 Å². The third kappa shape index (κ3) is 4.23. The number of carboxylic acid groups (broad SMARTS) is 1. The van der Waals surface area contributed by atoms with E-state index in [1.54, 1.807) is 6.07 Å². The van der Waals surface area contributed by atoms with Crippen LogP contribution in [0.5, 0.6) is 5.75 Å². The van der Waals surface area contributed by atoms with Gasteiger partial charge in [-0.1, -0.05) is 18.2 Å². The second kappa shape index (κ2) is 6.70. The van der Waals surface area contributed by atoms with Gasteiger partial charge in [0.1, 0.15) is 5.56 Å². The largest absolute Gasteiger partial charge is 0.478 e. The summed E-state index contributed by atoms with van der Waals surface area (Å²) in [5.41, 5.74) is 0.702. The van der Waals surface area contributed by atoms with Gasteiger partial charge in [-0.3, -0.25) is 0 Å². The second-order valence-corrected chi connectivity index (χ2v) is 4.95. The average Bonchev–Trinajstić information content (AvgIpc) is 2.52. The minimum absolute atomic E-state index is 0.0516. The molecule has 0 unspecified atom stereocenters. The minimum Gasteiger partial charge on any atom is -0.478 e. The fourth-order valence-corrected chi connectivity index (χ4v) is 2.15. The van der Waals surface area contributed by atoms with Crippen LogP contribution in [0.3, 0.4) is 0 Å². The Bertz CT molecular complexity index is 697. The summed E-state index contributed by atoms with van der Waals surface area (Å²) in [5.74, 6) is 3.88. The molecule has 0 heterocycles. The minimum atomic E-state index is -4.35. The van der Waals surface area contributed by atoms with Crippen molar-refractivity contribution in [1.29, 1.82) is 0 Å². The molecule has 23 heavy (non-hydrogen) atoms. The number of rotatable bonds is 5. The van der Waals surface area contributed by atoms with Gasteiger partial charge < -0.3 is 9.94 Å². The maximum atomic E-state index is 12.5. The lowest BCUT2D eigenvalue weighted by atomic mass is 10.0. The SMILES string of the molecule is NOc1ccc(CCc2ccc(C(F)(F)F)cc2)cc1C(=O)O. The molecule has 4 nitrogen and oxygen atoms in total. The Morgan fingerprint density at radius 1 is 1.04 bits per heavy atom. The van der Waals surface area contributed by atoms with E-state index in [1.807, 2.05) is 0 Å². The summed E-state index contributed by atoms with van der Waals surface area (Å²) >= 11 is 0. The van der Waals surface area contributed by atoms with Gasteiger partial charge in [-0.25, -0.2) is 4.79 Å². The lowest BCUT2D eigenvalue weighted by Crippen LogP contribution is -2.08. The summed E-state index contributed by atoms with van der Waals surface area (Å²) in [7, 11) is 0. The van der Waals surface area contributed by atoms with Gasteiger partial charge in [0.25, 0.3) is 0 Å². The molecule has 0 atom stereocenters. The third-order valence-electron chi connectivity index (χ3n) is 3.38. The smallest absolute Gasteiger partial charge is 0.416 e. The summed E-state index contributed by atoms with van der Waals surface area (Å²) in [6.07, 6.45) is -3.39. The average molecular weight is 325 g/mol. The number of halogens is 3. The van der Waals surface area contributed by atoms with E-state index in [0.717, 1.165) is 23.3 Å². The molecule has 0 aromatic heterocycles. The standard InChI is InChI=1S/C16H14F3NO3/c17-16(18,19)12-6-3-10(4-7-12)1-2-11-5-8-14(23-20)13(9-11)15(21)22/h3-9H,1-2,20H2,(H,21,22). The molecule has 0 aliphatic rings. The molecular formula is C16H14F3NO3. The molecule has 7 heteroatoms. The third-order valence-corrected chi connectivity index (χ3v) is 3.38. The number of aromatic carboxylic acids is 1. The van der Waals surface area contributed by atoms with Gasteiger partial charge in [0, 0.05) is 0 Å². The van der Waals surface area contributed by atoms with E-state index in [-0.39, 0.29) is 11.3 Å². The summed E-state index contributed by atoms with van der Waals surface area (Å²) in [6.45, 7) is 0. The summed E-state index contributed by atoms with van der Waals surface area (Å²) in [6, 6.07) is 9.45. The van der Waals surface area contributed by atoms with Gasteiger partial charge >= 0.3 is 12.1 Å². The van der Waals surface area contributed by atoms with E-state index in [4.69, 9.17) is 11.0 Å². The number of hydrogen-bond acceptors (Lipinski definition) is 3. The van der Waals surface area contributed by atoms with Crippen molar-refractivity contribution >= 4 is 5.97 Å². The molecule has 2 aromatic carbocycles. The van der Waals surface area contributed by atoms with Crippen molar-refractivity contribution in [3.8, 4) is 5.75 Å². The predicted octanol–water partition coefficient (Wildman–Crippen LogP) is 3.44. The predicted molar refractivity (Wildman–Crippen MR) is 77.1 cm³/mol. The van der Waals surface area contributed by atoms with Gasteiger partial charge in [-0.05, 0) is 48.2 Å². The number of carboxylic acids is 1. The van der Waals surface area contributed by atoms with E-state index in [0.29, 0.717) is 12.8 Å². The van der Waals surface area contributed by atoms with Crippen molar-refractivity contribution in [1.82, 2.24) is 0 Å². The molecule has 0 aliphatic carbocycles. The zero-order valence-corrected chi connectivity index (χ0v) is 11.9. The summed E-state index contributed by atoms with van der Waals surface area (Å²) < 4.78 is 37.5. The van der Waals surface area contributed by atoms with Gasteiger partial charge in [0.05, 0.1) is 5.56 Å². The maximum Gasteiger partial charge on any atom is 0.416 e. The quantitative estimate of drug-likeness (QED) is 0.826. The molecule has 0 spiro atoms. The van der Waals surface area contributed by atoms with Crippen molar-refractivity contribution in [2.45, 2.75) is 19.0 Å². The normalized spacial score (nSPS) is 11.3. The molecule has 0 radical (unpaired) electrons. The van der Waals surface area contributed by atoms with Crippen LogP contribution in [0, 0.1) is 0 Å². The molecule has 0 saturated heterocycles. The molecular weight excluding hydrogens is 311 g/mol. The fourth-order valence-electron chi connectivity index (χ4n) is 2.15. The van der Waals surface area contributed by atoms with Gasteiger partial charge in [0.2, 0.25) is 0 Å². The summed E-state index contributed by atoms with van der Waals surface area (Å²) in [4.78, 5) is 15.6. The van der Waals surface area contributed by atoms with E-state index in [2.05, 4.69) is 4.84 Å². The molecule has 0 saturated carbocycles. The van der Waals surface area contributed by atoms with Crippen LogP contribution >= 0.6 is 0 Å². The highest BCUT2D eigenvalue weighted by atomic mass is 19.4. The Morgan fingerprint density at radius 3 is 2.13 bits per heavy atom. The van der Waals surface area contributed by atoms with E-state index in [1.165, 1.54) is 24.3 Å². The first-order valence-electron chi connectivity index (χ1n) is 6.70. The van der Waals surface area contributed by atoms with E-state index in [9.17, 15) is 18.0 Å². The van der Waals surface area contributed by atoms with Crippen molar-refractivity contribution in [3.63, 3.8) is 0 Å². The first-order valence-corrected chi connectivity index (χ1v) is 6.70.